The Morgan fingerprint density at radius 1 is 1.14 bits per heavy atom. The third kappa shape index (κ3) is 3.51. The average molecular weight is 644 g/mol. The van der Waals surface area contributed by atoms with Crippen LogP contribution in [-0.2, 0) is 4.74 Å². The Labute approximate surface area is 255 Å². The summed E-state index contributed by atoms with van der Waals surface area (Å²) < 4.78 is 47.8. The van der Waals surface area contributed by atoms with Crippen LogP contribution >= 0.6 is 45.5 Å². The number of nitrogens with zero attached hydrogens (tertiary/aromatic N) is 3. The summed E-state index contributed by atoms with van der Waals surface area (Å²) >= 11 is 6.87. The highest BCUT2D eigenvalue weighted by Gasteiger charge is 2.64. The predicted molar refractivity (Wildman–Crippen MR) is 169 cm³/mol. The standard InChI is InChI=1S/C31H24Cl2F2N3O2S2/c1-18-8-10-20(11-9-18)27-17-41-28(40-27)16-24-29(21-12-13-36-31(33)30(21)32)23-15-26-22(37(23)42(34,35)38(24,41)2)14-25(39-26)19-6-4-3-5-7-19/h3-8,10-18,41H,9H2,1-2H3/q+1. The molecule has 0 amide bonds. The van der Waals surface area contributed by atoms with Gasteiger partial charge in [0.05, 0.1) is 34.8 Å². The van der Waals surface area contributed by atoms with Crippen LogP contribution in [0.5, 0.6) is 0 Å². The first-order chi connectivity index (χ1) is 20.2. The molecule has 0 radical (unpaired) electrons. The molecule has 1 aliphatic carbocycles. The molecule has 0 saturated heterocycles. The Balaban J connectivity index is 1.38. The predicted octanol–water partition coefficient (Wildman–Crippen LogP) is 10.2. The second-order valence-corrected chi connectivity index (χ2v) is 15.8. The quantitative estimate of drug-likeness (QED) is 0.137. The van der Waals surface area contributed by atoms with Crippen LogP contribution in [0.25, 0.3) is 28.0 Å². The Hall–Kier alpha value is -3.21. The lowest BCUT2D eigenvalue weighted by atomic mass is 9.98. The number of halogens is 4. The van der Waals surface area contributed by atoms with Gasteiger partial charge in [-0.05, 0) is 29.5 Å². The van der Waals surface area contributed by atoms with E-state index >= 15 is 7.77 Å². The number of hydrogen-bond acceptors (Lipinski definition) is 3. The molecule has 3 unspecified atom stereocenters. The molecule has 11 heteroatoms. The summed E-state index contributed by atoms with van der Waals surface area (Å²) in [4.78, 5) is 4.10. The molecular weight excluding hydrogens is 619 g/mol. The van der Waals surface area contributed by atoms with Gasteiger partial charge >= 0.3 is 11.2 Å². The van der Waals surface area contributed by atoms with Crippen molar-refractivity contribution in [2.45, 2.75) is 13.3 Å². The summed E-state index contributed by atoms with van der Waals surface area (Å²) in [5, 5.41) is 2.76. The van der Waals surface area contributed by atoms with Gasteiger partial charge in [0.2, 0.25) is 0 Å². The molecule has 0 bridgehead atoms. The summed E-state index contributed by atoms with van der Waals surface area (Å²) in [5.41, 5.74) is 4.29. The van der Waals surface area contributed by atoms with E-state index in [1.54, 1.807) is 31.3 Å². The van der Waals surface area contributed by atoms with E-state index in [0.717, 1.165) is 17.6 Å². The highest BCUT2D eigenvalue weighted by atomic mass is 35.5. The van der Waals surface area contributed by atoms with Gasteiger partial charge in [0, 0.05) is 35.0 Å². The van der Waals surface area contributed by atoms with Crippen molar-refractivity contribution in [1.29, 1.82) is 0 Å². The van der Waals surface area contributed by atoms with Gasteiger partial charge in [-0.25, -0.2) is 8.96 Å². The van der Waals surface area contributed by atoms with Crippen molar-refractivity contribution < 1.29 is 20.2 Å². The first kappa shape index (κ1) is 26.4. The molecule has 8 rings (SSSR count). The fraction of sp³-hybridized carbons (Fsp3) is 0.129. The monoisotopic (exact) mass is 642 g/mol. The van der Waals surface area contributed by atoms with E-state index in [1.807, 2.05) is 41.8 Å². The van der Waals surface area contributed by atoms with Gasteiger partial charge in [0.15, 0.2) is 16.4 Å². The Kier molecular flexibility index (Phi) is 5.75. The summed E-state index contributed by atoms with van der Waals surface area (Å²) in [5.74, 6) is 1.59. The number of aromatic nitrogens is 2. The molecule has 3 aromatic heterocycles. The van der Waals surface area contributed by atoms with Gasteiger partial charge < -0.3 is 9.15 Å². The number of rotatable bonds is 3. The minimum atomic E-state index is -4.59. The molecule has 0 spiro atoms. The van der Waals surface area contributed by atoms with Crippen LogP contribution in [0.1, 0.15) is 24.6 Å². The highest BCUT2D eigenvalue weighted by Crippen LogP contribution is 2.80. The number of thiol groups is 1. The van der Waals surface area contributed by atoms with Crippen LogP contribution in [0.2, 0.25) is 10.2 Å². The van der Waals surface area contributed by atoms with Crippen molar-refractivity contribution in [3.63, 3.8) is 0 Å². The second-order valence-electron chi connectivity index (χ2n) is 10.7. The third-order valence-corrected chi connectivity index (χ3v) is 14.1. The molecule has 6 heterocycles. The number of quaternary nitrogens is 1. The molecule has 0 N–H and O–H groups in total. The number of furan rings is 1. The van der Waals surface area contributed by atoms with Crippen LogP contribution in [0.4, 0.5) is 7.77 Å². The maximum absolute atomic E-state index is 17.4. The van der Waals surface area contributed by atoms with E-state index < -0.39 is 25.5 Å². The Morgan fingerprint density at radius 2 is 1.95 bits per heavy atom. The zero-order chi connectivity index (χ0) is 29.0. The number of fused-ring (bicyclic) bond motifs is 6. The first-order valence-corrected chi connectivity index (χ1v) is 16.8. The molecular formula is C31H24Cl2F2N3O2S2+. The van der Waals surface area contributed by atoms with Gasteiger partial charge in [-0.3, -0.25) is 0 Å². The normalized spacial score (nSPS) is 27.1. The molecule has 4 aliphatic rings. The molecule has 0 fully saturated rings. The molecule has 214 valence electrons. The third-order valence-electron chi connectivity index (χ3n) is 8.18. The topological polar surface area (TPSA) is 40.2 Å². The minimum absolute atomic E-state index is 0.106. The van der Waals surface area contributed by atoms with Gasteiger partial charge in [-0.15, -0.1) is 3.29 Å². The largest absolute Gasteiger partial charge is 0.454 e. The van der Waals surface area contributed by atoms with Crippen LogP contribution in [0, 0.1) is 5.92 Å². The number of allylic oxidation sites excluding steroid dienone is 4. The van der Waals surface area contributed by atoms with E-state index in [4.69, 9.17) is 32.4 Å². The summed E-state index contributed by atoms with van der Waals surface area (Å²) in [6.45, 7) is 2.14. The van der Waals surface area contributed by atoms with Crippen LogP contribution in [0.15, 0.2) is 111 Å². The van der Waals surface area contributed by atoms with Crippen LogP contribution in [0.3, 0.4) is 0 Å². The molecule has 5 nitrogen and oxygen atoms in total. The highest BCUT2D eigenvalue weighted by molar-refractivity contribution is 8.30. The van der Waals surface area contributed by atoms with Crippen LogP contribution < -0.4 is 0 Å². The fourth-order valence-corrected chi connectivity index (χ4v) is 11.2. The zero-order valence-corrected chi connectivity index (χ0v) is 25.6. The van der Waals surface area contributed by atoms with Crippen molar-refractivity contribution >= 4 is 62.1 Å². The maximum atomic E-state index is 17.4. The van der Waals surface area contributed by atoms with E-state index in [-0.39, 0.29) is 10.2 Å². The van der Waals surface area contributed by atoms with Crippen molar-refractivity contribution in [3.05, 3.63) is 128 Å². The number of hydrogen-bond donors (Lipinski definition) is 1. The SMILES string of the molecule is CC1C=CC(C2=C[SH]3C(=CC4=C(c5ccnc(Cl)c5Cl)c5cc6oc(-c7ccccc7)cc6n5S(F)(F)[N+]43C)O2)=CC1. The van der Waals surface area contributed by atoms with E-state index in [9.17, 15) is 0 Å². The molecule has 42 heavy (non-hydrogen) atoms. The van der Waals surface area contributed by atoms with Gasteiger partial charge in [-0.1, -0.05) is 86.5 Å². The first-order valence-electron chi connectivity index (χ1n) is 13.3. The van der Waals surface area contributed by atoms with Crippen molar-refractivity contribution in [2.24, 2.45) is 5.92 Å². The van der Waals surface area contributed by atoms with E-state index in [2.05, 4.69) is 24.1 Å². The van der Waals surface area contributed by atoms with Gasteiger partial charge in [0.1, 0.15) is 22.2 Å². The number of ether oxygens (including phenoxy) is 1. The lowest BCUT2D eigenvalue weighted by Crippen LogP contribution is -2.41. The van der Waals surface area contributed by atoms with Gasteiger partial charge in [0.25, 0.3) is 0 Å². The molecule has 3 atom stereocenters. The molecule has 0 saturated carbocycles. The Bertz CT molecular complexity index is 1990. The number of likely N-dealkylation sites (N-methyl/N-ethyl adjacent to an activating group) is 1. The van der Waals surface area contributed by atoms with Gasteiger partial charge in [-0.2, -0.15) is 0 Å². The van der Waals surface area contributed by atoms with Crippen molar-refractivity contribution in [2.75, 3.05) is 7.05 Å². The van der Waals surface area contributed by atoms with Crippen molar-refractivity contribution in [3.8, 4) is 11.3 Å². The van der Waals surface area contributed by atoms with E-state index in [1.165, 1.54) is 10.2 Å². The Morgan fingerprint density at radius 3 is 2.71 bits per heavy atom. The van der Waals surface area contributed by atoms with E-state index in [0.29, 0.717) is 56.2 Å². The summed E-state index contributed by atoms with van der Waals surface area (Å²) in [6.07, 6.45) is 10.4. The lowest BCUT2D eigenvalue weighted by Gasteiger charge is -2.46. The molecule has 1 aromatic carbocycles. The second kappa shape index (κ2) is 9.14. The molecule has 4 aromatic rings. The maximum Gasteiger partial charge on any atom is 0.324 e. The zero-order valence-electron chi connectivity index (χ0n) is 22.4. The fourth-order valence-electron chi connectivity index (χ4n) is 5.96. The number of pyridine rings is 1. The lowest BCUT2D eigenvalue weighted by molar-refractivity contribution is -0.586. The minimum Gasteiger partial charge on any atom is -0.454 e. The smallest absolute Gasteiger partial charge is 0.324 e. The molecule has 3 aliphatic heterocycles. The summed E-state index contributed by atoms with van der Waals surface area (Å²) in [7, 11) is 1.61. The van der Waals surface area contributed by atoms with Crippen LogP contribution in [-0.4, -0.2) is 19.3 Å². The summed E-state index contributed by atoms with van der Waals surface area (Å²) in [6, 6.07) is 14.6. The van der Waals surface area contributed by atoms with Crippen molar-refractivity contribution in [1.82, 2.24) is 8.96 Å². The number of benzene rings is 1. The average Bonchev–Trinajstić information content (AvgIpc) is 3.72.